The summed E-state index contributed by atoms with van der Waals surface area (Å²) in [4.78, 5) is 12.0. The molecule has 1 rings (SSSR count). The quantitative estimate of drug-likeness (QED) is 0.591. The number of nitrogens with zero attached hydrogens (tertiary/aromatic N) is 2. The lowest BCUT2D eigenvalue weighted by molar-refractivity contribution is -0.0282. The van der Waals surface area contributed by atoms with Crippen molar-refractivity contribution in [2.24, 2.45) is 11.7 Å². The molecule has 0 spiro atoms. The van der Waals surface area contributed by atoms with Crippen LogP contribution >= 0.6 is 0 Å². The SMILES string of the molecule is CC(C)(C)OC(=O)N(C=N)N1CCC[C@@H](CN)C1. The van der Waals surface area contributed by atoms with Crippen LogP contribution in [-0.2, 0) is 4.74 Å². The maximum Gasteiger partial charge on any atom is 0.430 e. The molecule has 0 aromatic carbocycles. The molecule has 1 aliphatic heterocycles. The van der Waals surface area contributed by atoms with Crippen LogP contribution in [0.4, 0.5) is 4.79 Å². The molecule has 0 saturated carbocycles. The molecule has 0 radical (unpaired) electrons. The van der Waals surface area contributed by atoms with Gasteiger partial charge in [0.2, 0.25) is 0 Å². The maximum atomic E-state index is 12.0. The molecule has 6 nitrogen and oxygen atoms in total. The van der Waals surface area contributed by atoms with Crippen molar-refractivity contribution in [3.63, 3.8) is 0 Å². The number of hydrogen-bond donors (Lipinski definition) is 2. The minimum Gasteiger partial charge on any atom is -0.442 e. The van der Waals surface area contributed by atoms with Gasteiger partial charge in [-0.3, -0.25) is 5.41 Å². The van der Waals surface area contributed by atoms with Crippen molar-refractivity contribution < 1.29 is 9.53 Å². The average Bonchev–Trinajstić information content (AvgIpc) is 2.28. The van der Waals surface area contributed by atoms with Gasteiger partial charge in [-0.2, -0.15) is 5.01 Å². The number of carbonyl (C=O) groups excluding carboxylic acids is 1. The molecule has 1 saturated heterocycles. The van der Waals surface area contributed by atoms with Crippen LogP contribution in [-0.4, -0.2) is 47.7 Å². The average molecular weight is 256 g/mol. The van der Waals surface area contributed by atoms with E-state index in [0.29, 0.717) is 19.0 Å². The van der Waals surface area contributed by atoms with E-state index in [-0.39, 0.29) is 0 Å². The van der Waals surface area contributed by atoms with Crippen LogP contribution in [0.1, 0.15) is 33.6 Å². The number of hydrazine groups is 1. The Morgan fingerprint density at radius 1 is 1.61 bits per heavy atom. The lowest BCUT2D eigenvalue weighted by Crippen LogP contribution is -2.52. The molecule has 1 aliphatic rings. The number of carbonyl (C=O) groups is 1. The number of piperidine rings is 1. The van der Waals surface area contributed by atoms with Crippen molar-refractivity contribution in [1.82, 2.24) is 10.0 Å². The van der Waals surface area contributed by atoms with E-state index in [1.165, 1.54) is 5.01 Å². The fourth-order valence-electron chi connectivity index (χ4n) is 1.99. The van der Waals surface area contributed by atoms with Crippen molar-refractivity contribution in [1.29, 1.82) is 5.41 Å². The normalized spacial score (nSPS) is 21.4. The highest BCUT2D eigenvalue weighted by atomic mass is 16.6. The van der Waals surface area contributed by atoms with Crippen molar-refractivity contribution in [2.75, 3.05) is 19.6 Å². The number of nitrogens with two attached hydrogens (primary N) is 1. The topological polar surface area (TPSA) is 82.7 Å². The summed E-state index contributed by atoms with van der Waals surface area (Å²) in [6, 6.07) is 0. The maximum absolute atomic E-state index is 12.0. The van der Waals surface area contributed by atoms with Gasteiger partial charge < -0.3 is 10.5 Å². The lowest BCUT2D eigenvalue weighted by Gasteiger charge is -2.38. The summed E-state index contributed by atoms with van der Waals surface area (Å²) in [5.41, 5.74) is 5.11. The summed E-state index contributed by atoms with van der Waals surface area (Å²) in [6.45, 7) is 7.50. The molecule has 18 heavy (non-hydrogen) atoms. The molecule has 0 unspecified atom stereocenters. The van der Waals surface area contributed by atoms with E-state index in [2.05, 4.69) is 0 Å². The Hall–Kier alpha value is -1.14. The fourth-order valence-corrected chi connectivity index (χ4v) is 1.99. The Morgan fingerprint density at radius 2 is 2.28 bits per heavy atom. The Labute approximate surface area is 109 Å². The van der Waals surface area contributed by atoms with Crippen molar-refractivity contribution >= 4 is 12.4 Å². The van der Waals surface area contributed by atoms with Gasteiger partial charge in [-0.15, -0.1) is 0 Å². The Morgan fingerprint density at radius 3 is 2.78 bits per heavy atom. The van der Waals surface area contributed by atoms with E-state index in [9.17, 15) is 4.79 Å². The summed E-state index contributed by atoms with van der Waals surface area (Å²) >= 11 is 0. The standard InChI is InChI=1S/C12H24N4O2/c1-12(2,3)18-11(17)16(9-14)15-6-4-5-10(7-13)8-15/h9-10,14H,4-8,13H2,1-3H3/t10-/m0/s1. The fraction of sp³-hybridized carbons (Fsp3) is 0.833. The summed E-state index contributed by atoms with van der Waals surface area (Å²) in [5, 5.41) is 10.5. The Bertz CT molecular complexity index is 301. The number of rotatable bonds is 3. The van der Waals surface area contributed by atoms with E-state index in [0.717, 1.165) is 25.7 Å². The van der Waals surface area contributed by atoms with Crippen molar-refractivity contribution in [3.05, 3.63) is 0 Å². The second-order valence-corrected chi connectivity index (χ2v) is 5.61. The third-order valence-corrected chi connectivity index (χ3v) is 2.84. The van der Waals surface area contributed by atoms with E-state index >= 15 is 0 Å². The van der Waals surface area contributed by atoms with Crippen LogP contribution < -0.4 is 5.73 Å². The van der Waals surface area contributed by atoms with Gasteiger partial charge in [0.15, 0.2) is 0 Å². The van der Waals surface area contributed by atoms with Crippen molar-refractivity contribution in [2.45, 2.75) is 39.2 Å². The minimum atomic E-state index is -0.554. The molecule has 1 heterocycles. The molecular formula is C12H24N4O2. The number of amides is 1. The monoisotopic (exact) mass is 256 g/mol. The summed E-state index contributed by atoms with van der Waals surface area (Å²) < 4.78 is 5.28. The first-order chi connectivity index (χ1) is 8.37. The van der Waals surface area contributed by atoms with Crippen LogP contribution in [0, 0.1) is 11.3 Å². The molecule has 0 aliphatic carbocycles. The zero-order valence-corrected chi connectivity index (χ0v) is 11.5. The molecule has 0 bridgehead atoms. The largest absolute Gasteiger partial charge is 0.442 e. The number of ether oxygens (including phenoxy) is 1. The number of nitrogens with one attached hydrogen (secondary N) is 1. The second-order valence-electron chi connectivity index (χ2n) is 5.61. The molecule has 0 aromatic heterocycles. The van der Waals surface area contributed by atoms with Gasteiger partial charge in [0, 0.05) is 13.1 Å². The minimum absolute atomic E-state index is 0.378. The van der Waals surface area contributed by atoms with Gasteiger partial charge in [0.1, 0.15) is 11.9 Å². The molecule has 3 N–H and O–H groups in total. The first-order valence-corrected chi connectivity index (χ1v) is 6.35. The predicted molar refractivity (Wildman–Crippen MR) is 70.2 cm³/mol. The predicted octanol–water partition coefficient (Wildman–Crippen LogP) is 1.42. The zero-order chi connectivity index (χ0) is 13.8. The lowest BCUT2D eigenvalue weighted by atomic mass is 9.99. The van der Waals surface area contributed by atoms with E-state index in [4.69, 9.17) is 15.9 Å². The third-order valence-electron chi connectivity index (χ3n) is 2.84. The molecule has 1 fully saturated rings. The molecule has 1 atom stereocenters. The summed E-state index contributed by atoms with van der Waals surface area (Å²) in [5.74, 6) is 0.378. The summed E-state index contributed by atoms with van der Waals surface area (Å²) in [6.07, 6.45) is 2.56. The van der Waals surface area contributed by atoms with Crippen molar-refractivity contribution in [3.8, 4) is 0 Å². The van der Waals surface area contributed by atoms with Crippen LogP contribution in [0.25, 0.3) is 0 Å². The van der Waals surface area contributed by atoms with Crippen LogP contribution in [0.3, 0.4) is 0 Å². The molecule has 6 heteroatoms. The number of hydrogen-bond acceptors (Lipinski definition) is 5. The Balaban J connectivity index is 2.65. The molecule has 0 aromatic rings. The van der Waals surface area contributed by atoms with E-state index in [1.54, 1.807) is 0 Å². The Kier molecular flexibility index (Phi) is 5.10. The van der Waals surface area contributed by atoms with Gasteiger partial charge in [0.25, 0.3) is 0 Å². The first-order valence-electron chi connectivity index (χ1n) is 6.35. The van der Waals surface area contributed by atoms with Crippen LogP contribution in [0.2, 0.25) is 0 Å². The third kappa shape index (κ3) is 4.27. The smallest absolute Gasteiger partial charge is 0.430 e. The molecule has 1 amide bonds. The highest BCUT2D eigenvalue weighted by Crippen LogP contribution is 2.18. The van der Waals surface area contributed by atoms with Gasteiger partial charge in [0.05, 0.1) is 0 Å². The van der Waals surface area contributed by atoms with Gasteiger partial charge in [-0.1, -0.05) is 0 Å². The van der Waals surface area contributed by atoms with Gasteiger partial charge in [-0.25, -0.2) is 9.80 Å². The highest BCUT2D eigenvalue weighted by Gasteiger charge is 2.29. The van der Waals surface area contributed by atoms with Crippen LogP contribution in [0.15, 0.2) is 0 Å². The van der Waals surface area contributed by atoms with Gasteiger partial charge in [-0.05, 0) is 46.1 Å². The molecular weight excluding hydrogens is 232 g/mol. The van der Waals surface area contributed by atoms with E-state index in [1.807, 2.05) is 25.8 Å². The highest BCUT2D eigenvalue weighted by molar-refractivity contribution is 5.80. The second kappa shape index (κ2) is 6.15. The summed E-state index contributed by atoms with van der Waals surface area (Å²) in [7, 11) is 0. The first kappa shape index (κ1) is 14.9. The molecule has 104 valence electrons. The van der Waals surface area contributed by atoms with Gasteiger partial charge >= 0.3 is 6.09 Å². The zero-order valence-electron chi connectivity index (χ0n) is 11.5. The van der Waals surface area contributed by atoms with E-state index < -0.39 is 11.7 Å². The van der Waals surface area contributed by atoms with Crippen LogP contribution in [0.5, 0.6) is 0 Å².